The Morgan fingerprint density at radius 2 is 1.89 bits per heavy atom. The van der Waals surface area contributed by atoms with Gasteiger partial charge < -0.3 is 25.6 Å². The number of imidazole rings is 1. The van der Waals surface area contributed by atoms with E-state index in [2.05, 4.69) is 32.1 Å². The molecule has 38 heavy (non-hydrogen) atoms. The Morgan fingerprint density at radius 3 is 2.47 bits per heavy atom. The molecule has 1 atom stereocenters. The summed E-state index contributed by atoms with van der Waals surface area (Å²) in [5.41, 5.74) is 5.99. The number of carbonyl (C=O) groups is 1. The van der Waals surface area contributed by atoms with Crippen LogP contribution in [0, 0.1) is 18.8 Å². The second kappa shape index (κ2) is 11.2. The zero-order valence-electron chi connectivity index (χ0n) is 21.4. The Balaban J connectivity index is 0.000000304. The number of carbonyl (C=O) groups excluding carboxylic acids is 1. The van der Waals surface area contributed by atoms with Gasteiger partial charge in [0.2, 0.25) is 11.9 Å². The molecule has 0 saturated carbocycles. The van der Waals surface area contributed by atoms with Crippen LogP contribution >= 0.6 is 0 Å². The Morgan fingerprint density at radius 1 is 1.24 bits per heavy atom. The van der Waals surface area contributed by atoms with Gasteiger partial charge in [0, 0.05) is 31.7 Å². The van der Waals surface area contributed by atoms with Crippen LogP contribution in [0.2, 0.25) is 0 Å². The summed E-state index contributed by atoms with van der Waals surface area (Å²) in [6.45, 7) is 6.06. The molecule has 1 saturated heterocycles. The van der Waals surface area contributed by atoms with Crippen molar-refractivity contribution in [2.24, 2.45) is 7.05 Å². The Kier molecular flexibility index (Phi) is 8.46. The minimum atomic E-state index is -4.40. The van der Waals surface area contributed by atoms with E-state index in [1.165, 1.54) is 13.8 Å². The number of hydrogen-bond donors (Lipinski definition) is 3. The first-order chi connectivity index (χ1) is 17.6. The molecule has 4 N–H and O–H groups in total. The number of nitrogens with two attached hydrogens (primary N) is 1. The maximum Gasteiger partial charge on any atom is 0.419 e. The predicted molar refractivity (Wildman–Crippen MR) is 136 cm³/mol. The van der Waals surface area contributed by atoms with E-state index in [4.69, 9.17) is 5.73 Å². The first-order valence-electron chi connectivity index (χ1n) is 11.7. The van der Waals surface area contributed by atoms with E-state index in [1.807, 2.05) is 29.5 Å². The predicted octanol–water partition coefficient (Wildman–Crippen LogP) is 3.61. The van der Waals surface area contributed by atoms with Gasteiger partial charge in [-0.3, -0.25) is 4.79 Å². The summed E-state index contributed by atoms with van der Waals surface area (Å²) in [5, 5.41) is 12.4. The summed E-state index contributed by atoms with van der Waals surface area (Å²) in [6, 6.07) is 3.75. The van der Waals surface area contributed by atoms with Gasteiger partial charge in [-0.15, -0.1) is 0 Å². The monoisotopic (exact) mass is 535 g/mol. The standard InChI is InChI=1S/C20H25FN4O2.C5H4F3N3/c1-13-10-17-16(11-15(13)22-18(26)7-8-20(2,3)27)23-19(24(17)4)25-9-5-6-14(21)12-25;6-5(7,8)3-1-10-4(9)11-2-3/h10-11,14,27H,5-6,9,12H2,1-4H3,(H,22,26);1-2H,(H2,9,10,11). The van der Waals surface area contributed by atoms with Crippen LogP contribution in [0.4, 0.5) is 35.1 Å². The number of nitrogens with zero attached hydrogens (tertiary/aromatic N) is 5. The van der Waals surface area contributed by atoms with Crippen LogP contribution in [0.25, 0.3) is 11.0 Å². The number of alkyl halides is 4. The third-order valence-corrected chi connectivity index (χ3v) is 5.58. The molecular formula is C25H29F4N7O2. The summed E-state index contributed by atoms with van der Waals surface area (Å²) in [5.74, 6) is 4.96. The van der Waals surface area contributed by atoms with Crippen molar-refractivity contribution in [3.05, 3.63) is 35.7 Å². The highest BCUT2D eigenvalue weighted by molar-refractivity contribution is 6.05. The Bertz CT molecular complexity index is 1350. The van der Waals surface area contributed by atoms with Gasteiger partial charge in [0.05, 0.1) is 23.1 Å². The smallest absolute Gasteiger partial charge is 0.378 e. The number of aromatic nitrogens is 4. The van der Waals surface area contributed by atoms with Crippen molar-refractivity contribution in [2.75, 3.05) is 29.0 Å². The quantitative estimate of drug-likeness (QED) is 0.339. The van der Waals surface area contributed by atoms with Crippen LogP contribution in [0.1, 0.15) is 37.8 Å². The maximum absolute atomic E-state index is 13.8. The van der Waals surface area contributed by atoms with Crippen LogP contribution in [0.3, 0.4) is 0 Å². The highest BCUT2D eigenvalue weighted by Crippen LogP contribution is 2.29. The fraction of sp³-hybridized carbons (Fsp3) is 0.440. The topological polar surface area (TPSA) is 122 Å². The van der Waals surface area contributed by atoms with Crippen LogP contribution < -0.4 is 16.0 Å². The number of rotatable bonds is 2. The number of halogens is 4. The molecule has 1 aromatic carbocycles. The Hall–Kier alpha value is -3.92. The van der Waals surface area contributed by atoms with Crippen LogP contribution in [0.5, 0.6) is 0 Å². The number of aliphatic hydroxyl groups is 1. The van der Waals surface area contributed by atoms with E-state index in [9.17, 15) is 27.5 Å². The van der Waals surface area contributed by atoms with Crippen molar-refractivity contribution in [1.82, 2.24) is 19.5 Å². The van der Waals surface area contributed by atoms with Crippen molar-refractivity contribution >= 4 is 34.5 Å². The molecule has 1 aliphatic heterocycles. The molecule has 9 nitrogen and oxygen atoms in total. The van der Waals surface area contributed by atoms with E-state index in [0.717, 1.165) is 35.5 Å². The van der Waals surface area contributed by atoms with Gasteiger partial charge in [-0.25, -0.2) is 19.3 Å². The average Bonchev–Trinajstić information content (AvgIpc) is 3.13. The summed E-state index contributed by atoms with van der Waals surface area (Å²) in [4.78, 5) is 25.0. The third kappa shape index (κ3) is 7.55. The van der Waals surface area contributed by atoms with E-state index in [1.54, 1.807) is 6.07 Å². The normalized spacial score (nSPS) is 15.8. The van der Waals surface area contributed by atoms with Crippen molar-refractivity contribution in [3.63, 3.8) is 0 Å². The van der Waals surface area contributed by atoms with E-state index < -0.39 is 29.4 Å². The summed E-state index contributed by atoms with van der Waals surface area (Å²) in [7, 11) is 1.92. The number of benzene rings is 1. The number of piperidine rings is 1. The molecule has 204 valence electrons. The number of amides is 1. The lowest BCUT2D eigenvalue weighted by Crippen LogP contribution is -2.37. The fourth-order valence-corrected chi connectivity index (χ4v) is 3.70. The molecule has 1 unspecified atom stereocenters. The van der Waals surface area contributed by atoms with Crippen LogP contribution in [0.15, 0.2) is 24.5 Å². The number of anilines is 3. The minimum absolute atomic E-state index is 0.169. The molecule has 0 aliphatic carbocycles. The molecule has 2 aromatic heterocycles. The maximum atomic E-state index is 13.8. The lowest BCUT2D eigenvalue weighted by atomic mass is 10.1. The van der Waals surface area contributed by atoms with Crippen molar-refractivity contribution in [3.8, 4) is 11.8 Å². The molecule has 1 fully saturated rings. The Labute approximate surface area is 217 Å². The van der Waals surface area contributed by atoms with Gasteiger partial charge in [0.25, 0.3) is 5.91 Å². The molecule has 1 aliphatic rings. The number of nitrogen functional groups attached to an aromatic ring is 1. The first-order valence-corrected chi connectivity index (χ1v) is 11.7. The molecule has 3 heterocycles. The van der Waals surface area contributed by atoms with Gasteiger partial charge in [0.1, 0.15) is 11.8 Å². The third-order valence-electron chi connectivity index (χ3n) is 5.58. The van der Waals surface area contributed by atoms with Gasteiger partial charge in [-0.1, -0.05) is 5.92 Å². The second-order valence-electron chi connectivity index (χ2n) is 9.40. The van der Waals surface area contributed by atoms with Crippen LogP contribution in [-0.2, 0) is 18.0 Å². The lowest BCUT2D eigenvalue weighted by Gasteiger charge is -2.29. The SMILES string of the molecule is Cc1cc2c(cc1NC(=O)C#CC(C)(C)O)nc(N1CCCC(F)C1)n2C.Nc1ncc(C(F)(F)F)cn1. The molecule has 0 radical (unpaired) electrons. The summed E-state index contributed by atoms with van der Waals surface area (Å²) < 4.78 is 51.1. The van der Waals surface area contributed by atoms with Crippen molar-refractivity contribution < 1.29 is 27.5 Å². The number of hydrogen-bond acceptors (Lipinski definition) is 7. The zero-order valence-corrected chi connectivity index (χ0v) is 21.4. The summed E-state index contributed by atoms with van der Waals surface area (Å²) >= 11 is 0. The number of aryl methyl sites for hydroxylation is 2. The minimum Gasteiger partial charge on any atom is -0.378 e. The number of fused-ring (bicyclic) bond motifs is 1. The largest absolute Gasteiger partial charge is 0.419 e. The molecule has 0 bridgehead atoms. The van der Waals surface area contributed by atoms with Crippen molar-refractivity contribution in [1.29, 1.82) is 0 Å². The van der Waals surface area contributed by atoms with Gasteiger partial charge in [0.15, 0.2) is 0 Å². The highest BCUT2D eigenvalue weighted by Gasteiger charge is 2.31. The number of nitrogens with one attached hydrogen (secondary N) is 1. The summed E-state index contributed by atoms with van der Waals surface area (Å²) in [6.07, 6.45) is -2.53. The molecule has 13 heteroatoms. The van der Waals surface area contributed by atoms with Crippen molar-refractivity contribution in [2.45, 2.75) is 51.6 Å². The molecular weight excluding hydrogens is 506 g/mol. The average molecular weight is 536 g/mol. The molecule has 3 aromatic rings. The van der Waals surface area contributed by atoms with E-state index in [-0.39, 0.29) is 5.95 Å². The van der Waals surface area contributed by atoms with Gasteiger partial charge in [-0.05, 0) is 57.2 Å². The zero-order chi connectivity index (χ0) is 28.3. The highest BCUT2D eigenvalue weighted by atomic mass is 19.4. The molecule has 4 rings (SSSR count). The molecule has 1 amide bonds. The van der Waals surface area contributed by atoms with Gasteiger partial charge in [-0.2, -0.15) is 13.2 Å². The van der Waals surface area contributed by atoms with Crippen LogP contribution in [-0.4, -0.2) is 55.4 Å². The van der Waals surface area contributed by atoms with Gasteiger partial charge >= 0.3 is 6.18 Å². The second-order valence-corrected chi connectivity index (χ2v) is 9.40. The van der Waals surface area contributed by atoms with E-state index >= 15 is 0 Å². The first kappa shape index (κ1) is 28.6. The molecule has 0 spiro atoms. The van der Waals surface area contributed by atoms with E-state index in [0.29, 0.717) is 31.0 Å². The fourth-order valence-electron chi connectivity index (χ4n) is 3.70. The lowest BCUT2D eigenvalue weighted by molar-refractivity contribution is -0.138.